The summed E-state index contributed by atoms with van der Waals surface area (Å²) >= 11 is 5.98. The molecule has 2 rings (SSSR count). The molecule has 21 heavy (non-hydrogen) atoms. The van der Waals surface area contributed by atoms with Crippen LogP contribution >= 0.6 is 11.6 Å². The van der Waals surface area contributed by atoms with Gasteiger partial charge >= 0.3 is 0 Å². The number of carbonyl (C=O) groups excluding carboxylic acids is 1. The number of amides is 1. The molecule has 4 nitrogen and oxygen atoms in total. The van der Waals surface area contributed by atoms with Crippen molar-refractivity contribution in [3.63, 3.8) is 0 Å². The SMILES string of the molecule is Cc1cc(C(=O)N(CCO)Cc2cccnc2)ccc1Cl. The summed E-state index contributed by atoms with van der Waals surface area (Å²) in [5.41, 5.74) is 2.34. The highest BCUT2D eigenvalue weighted by Gasteiger charge is 2.16. The van der Waals surface area contributed by atoms with Gasteiger partial charge in [-0.3, -0.25) is 9.78 Å². The number of carbonyl (C=O) groups is 1. The van der Waals surface area contributed by atoms with Gasteiger partial charge < -0.3 is 10.0 Å². The van der Waals surface area contributed by atoms with Crippen LogP contribution in [0.5, 0.6) is 0 Å². The van der Waals surface area contributed by atoms with Gasteiger partial charge in [-0.2, -0.15) is 0 Å². The summed E-state index contributed by atoms with van der Waals surface area (Å²) in [5.74, 6) is -0.132. The minimum Gasteiger partial charge on any atom is -0.395 e. The molecule has 0 atom stereocenters. The average Bonchev–Trinajstić information content (AvgIpc) is 2.50. The number of hydrogen-bond acceptors (Lipinski definition) is 3. The van der Waals surface area contributed by atoms with Crippen LogP contribution in [0.2, 0.25) is 5.02 Å². The number of halogens is 1. The van der Waals surface area contributed by atoms with Gasteiger partial charge in [-0.1, -0.05) is 17.7 Å². The van der Waals surface area contributed by atoms with Crippen molar-refractivity contribution < 1.29 is 9.90 Å². The Labute approximate surface area is 129 Å². The van der Waals surface area contributed by atoms with Gasteiger partial charge in [0, 0.05) is 36.1 Å². The normalized spacial score (nSPS) is 10.4. The van der Waals surface area contributed by atoms with E-state index in [2.05, 4.69) is 4.98 Å². The maximum Gasteiger partial charge on any atom is 0.254 e. The van der Waals surface area contributed by atoms with Crippen molar-refractivity contribution in [2.24, 2.45) is 0 Å². The molecule has 1 amide bonds. The predicted molar refractivity (Wildman–Crippen MR) is 82.3 cm³/mol. The zero-order valence-electron chi connectivity index (χ0n) is 11.8. The first-order valence-electron chi connectivity index (χ1n) is 6.67. The first-order valence-corrected chi connectivity index (χ1v) is 7.05. The van der Waals surface area contributed by atoms with Crippen molar-refractivity contribution in [1.82, 2.24) is 9.88 Å². The summed E-state index contributed by atoms with van der Waals surface area (Å²) in [7, 11) is 0. The van der Waals surface area contributed by atoms with Gasteiger partial charge in [-0.15, -0.1) is 0 Å². The van der Waals surface area contributed by atoms with Crippen LogP contribution < -0.4 is 0 Å². The first-order chi connectivity index (χ1) is 10.1. The van der Waals surface area contributed by atoms with Crippen molar-refractivity contribution in [3.8, 4) is 0 Å². The topological polar surface area (TPSA) is 53.4 Å². The lowest BCUT2D eigenvalue weighted by molar-refractivity contribution is 0.0707. The standard InChI is InChI=1S/C16H17ClN2O2/c1-12-9-14(4-5-15(12)17)16(21)19(7-8-20)11-13-3-2-6-18-10-13/h2-6,9-10,20H,7-8,11H2,1H3. The molecule has 1 aromatic heterocycles. The number of aryl methyl sites for hydroxylation is 1. The summed E-state index contributed by atoms with van der Waals surface area (Å²) < 4.78 is 0. The molecule has 1 aromatic carbocycles. The lowest BCUT2D eigenvalue weighted by Gasteiger charge is -2.22. The van der Waals surface area contributed by atoms with Crippen molar-refractivity contribution in [2.45, 2.75) is 13.5 Å². The Hall–Kier alpha value is -1.91. The fourth-order valence-electron chi connectivity index (χ4n) is 2.05. The van der Waals surface area contributed by atoms with E-state index >= 15 is 0 Å². The highest BCUT2D eigenvalue weighted by Crippen LogP contribution is 2.18. The minimum absolute atomic E-state index is 0.0847. The molecule has 1 heterocycles. The van der Waals surface area contributed by atoms with Crippen molar-refractivity contribution in [2.75, 3.05) is 13.2 Å². The largest absolute Gasteiger partial charge is 0.395 e. The molecule has 0 bridgehead atoms. The zero-order valence-corrected chi connectivity index (χ0v) is 12.5. The highest BCUT2D eigenvalue weighted by atomic mass is 35.5. The molecule has 110 valence electrons. The monoisotopic (exact) mass is 304 g/mol. The molecule has 0 spiro atoms. The van der Waals surface area contributed by atoms with E-state index in [0.29, 0.717) is 17.1 Å². The molecule has 1 N–H and O–H groups in total. The van der Waals surface area contributed by atoms with Gasteiger partial charge in [-0.25, -0.2) is 0 Å². The number of benzene rings is 1. The van der Waals surface area contributed by atoms with E-state index in [9.17, 15) is 9.90 Å². The van der Waals surface area contributed by atoms with Gasteiger partial charge in [0.1, 0.15) is 0 Å². The summed E-state index contributed by atoms with van der Waals surface area (Å²) in [5, 5.41) is 9.81. The smallest absolute Gasteiger partial charge is 0.254 e. The maximum atomic E-state index is 12.6. The molecule has 5 heteroatoms. The van der Waals surface area contributed by atoms with E-state index in [0.717, 1.165) is 11.1 Å². The summed E-state index contributed by atoms with van der Waals surface area (Å²) in [4.78, 5) is 18.2. The molecule has 0 saturated heterocycles. The Bertz CT molecular complexity index is 617. The van der Waals surface area contributed by atoms with E-state index in [1.165, 1.54) is 0 Å². The zero-order chi connectivity index (χ0) is 15.2. The van der Waals surface area contributed by atoms with E-state index in [4.69, 9.17) is 11.6 Å². The molecule has 0 aliphatic heterocycles. The number of nitrogens with zero attached hydrogens (tertiary/aromatic N) is 2. The summed E-state index contributed by atoms with van der Waals surface area (Å²) in [6.45, 7) is 2.46. The highest BCUT2D eigenvalue weighted by molar-refractivity contribution is 6.31. The number of aromatic nitrogens is 1. The minimum atomic E-state index is -0.132. The molecule has 0 fully saturated rings. The summed E-state index contributed by atoms with van der Waals surface area (Å²) in [6.07, 6.45) is 3.40. The summed E-state index contributed by atoms with van der Waals surface area (Å²) in [6, 6.07) is 8.90. The van der Waals surface area contributed by atoms with E-state index < -0.39 is 0 Å². The Morgan fingerprint density at radius 1 is 1.38 bits per heavy atom. The third kappa shape index (κ3) is 4.03. The maximum absolute atomic E-state index is 12.6. The second-order valence-corrected chi connectivity index (χ2v) is 5.18. The van der Waals surface area contributed by atoms with Crippen molar-refractivity contribution in [3.05, 3.63) is 64.4 Å². The van der Waals surface area contributed by atoms with Gasteiger partial charge in [0.15, 0.2) is 0 Å². The fraction of sp³-hybridized carbons (Fsp3) is 0.250. The van der Waals surface area contributed by atoms with Crippen LogP contribution in [0.25, 0.3) is 0 Å². The first kappa shape index (κ1) is 15.5. The molecule has 0 aliphatic rings. The number of aliphatic hydroxyl groups excluding tert-OH is 1. The van der Waals surface area contributed by atoms with Crippen LogP contribution in [0.15, 0.2) is 42.7 Å². The quantitative estimate of drug-likeness (QED) is 0.924. The second kappa shape index (κ2) is 7.20. The van der Waals surface area contributed by atoms with Crippen LogP contribution in [0.1, 0.15) is 21.5 Å². The number of hydrogen-bond donors (Lipinski definition) is 1. The van der Waals surface area contributed by atoms with Crippen molar-refractivity contribution in [1.29, 1.82) is 0 Å². The van der Waals surface area contributed by atoms with Crippen LogP contribution in [-0.2, 0) is 6.54 Å². The van der Waals surface area contributed by atoms with Gasteiger partial charge in [0.25, 0.3) is 5.91 Å². The molecule has 0 radical (unpaired) electrons. The van der Waals surface area contributed by atoms with Crippen LogP contribution in [0, 0.1) is 6.92 Å². The number of rotatable bonds is 5. The van der Waals surface area contributed by atoms with Gasteiger partial charge in [0.05, 0.1) is 6.61 Å². The van der Waals surface area contributed by atoms with E-state index in [-0.39, 0.29) is 19.1 Å². The number of pyridine rings is 1. The Kier molecular flexibility index (Phi) is 5.31. The third-order valence-corrected chi connectivity index (χ3v) is 3.58. The van der Waals surface area contributed by atoms with Crippen LogP contribution in [0.4, 0.5) is 0 Å². The van der Waals surface area contributed by atoms with Crippen LogP contribution in [-0.4, -0.2) is 34.0 Å². The van der Waals surface area contributed by atoms with Crippen LogP contribution in [0.3, 0.4) is 0 Å². The molecule has 0 aliphatic carbocycles. The molecule has 0 unspecified atom stereocenters. The average molecular weight is 305 g/mol. The van der Waals surface area contributed by atoms with Gasteiger partial charge in [-0.05, 0) is 42.3 Å². The lowest BCUT2D eigenvalue weighted by Crippen LogP contribution is -2.33. The third-order valence-electron chi connectivity index (χ3n) is 3.16. The Balaban J connectivity index is 2.20. The molecular formula is C16H17ClN2O2. The Morgan fingerprint density at radius 3 is 2.81 bits per heavy atom. The number of aliphatic hydroxyl groups is 1. The van der Waals surface area contributed by atoms with E-state index in [1.54, 1.807) is 35.5 Å². The second-order valence-electron chi connectivity index (χ2n) is 4.78. The van der Waals surface area contributed by atoms with E-state index in [1.807, 2.05) is 19.1 Å². The molecule has 0 saturated carbocycles. The van der Waals surface area contributed by atoms with Crippen molar-refractivity contribution >= 4 is 17.5 Å². The predicted octanol–water partition coefficient (Wildman–Crippen LogP) is 2.68. The molecule has 2 aromatic rings. The molecular weight excluding hydrogens is 288 g/mol. The lowest BCUT2D eigenvalue weighted by atomic mass is 10.1. The van der Waals surface area contributed by atoms with Gasteiger partial charge in [0.2, 0.25) is 0 Å². The Morgan fingerprint density at radius 2 is 2.19 bits per heavy atom. The fourth-order valence-corrected chi connectivity index (χ4v) is 2.16.